The number of aromatic nitrogens is 4. The molecule has 4 aromatic rings. The number of nitrogens with zero attached hydrogens (tertiary/aromatic N) is 4. The Hall–Kier alpha value is -3.72. The fourth-order valence-electron chi connectivity index (χ4n) is 4.89. The summed E-state index contributed by atoms with van der Waals surface area (Å²) in [6.07, 6.45) is -0.960. The lowest BCUT2D eigenvalue weighted by atomic mass is 9.97. The average molecular weight is 507 g/mol. The first-order chi connectivity index (χ1) is 17.8. The van der Waals surface area contributed by atoms with E-state index >= 15 is 0 Å². The first kappa shape index (κ1) is 25.0. The lowest BCUT2D eigenvalue weighted by Gasteiger charge is -2.22. The largest absolute Gasteiger partial charge is 0.416 e. The van der Waals surface area contributed by atoms with Gasteiger partial charge in [0.15, 0.2) is 0 Å². The van der Waals surface area contributed by atoms with E-state index in [1.165, 1.54) is 12.1 Å². The molecule has 9 heteroatoms. The van der Waals surface area contributed by atoms with Crippen molar-refractivity contribution in [2.75, 3.05) is 18.4 Å². The van der Waals surface area contributed by atoms with Gasteiger partial charge in [-0.2, -0.15) is 13.2 Å². The molecule has 0 unspecified atom stereocenters. The van der Waals surface area contributed by atoms with Crippen LogP contribution in [0, 0.1) is 0 Å². The molecule has 1 aliphatic heterocycles. The summed E-state index contributed by atoms with van der Waals surface area (Å²) in [4.78, 5) is 14.1. The number of piperidine rings is 1. The van der Waals surface area contributed by atoms with Crippen LogP contribution in [0.4, 0.5) is 19.1 Å². The van der Waals surface area contributed by atoms with Crippen LogP contribution in [0.5, 0.6) is 0 Å². The average Bonchev–Trinajstić information content (AvgIpc) is 3.26. The molecule has 3 heterocycles. The Morgan fingerprint density at radius 2 is 1.76 bits per heavy atom. The van der Waals surface area contributed by atoms with Crippen LogP contribution in [0.2, 0.25) is 0 Å². The van der Waals surface area contributed by atoms with Crippen molar-refractivity contribution in [2.24, 2.45) is 7.05 Å². The van der Waals surface area contributed by atoms with Gasteiger partial charge in [0.25, 0.3) is 0 Å². The number of halogens is 3. The van der Waals surface area contributed by atoms with E-state index in [1.807, 2.05) is 48.9 Å². The first-order valence-electron chi connectivity index (χ1n) is 12.4. The summed E-state index contributed by atoms with van der Waals surface area (Å²) in [6, 6.07) is 17.1. The Morgan fingerprint density at radius 1 is 1.00 bits per heavy atom. The highest BCUT2D eigenvalue weighted by atomic mass is 19.4. The SMILES string of the molecule is C[C@H](Nc1nccc(-c2nc(C3CCNCC3)n(C)c2-c2cccc(C(F)(F)F)c2)n1)c1ccccc1. The number of rotatable bonds is 6. The van der Waals surface area contributed by atoms with Gasteiger partial charge in [-0.3, -0.25) is 0 Å². The highest BCUT2D eigenvalue weighted by molar-refractivity contribution is 5.78. The van der Waals surface area contributed by atoms with E-state index in [-0.39, 0.29) is 12.0 Å². The molecule has 0 aliphatic carbocycles. The third-order valence-electron chi connectivity index (χ3n) is 6.84. The number of anilines is 1. The van der Waals surface area contributed by atoms with E-state index in [1.54, 1.807) is 18.3 Å². The molecule has 2 aromatic carbocycles. The van der Waals surface area contributed by atoms with Crippen LogP contribution >= 0.6 is 0 Å². The van der Waals surface area contributed by atoms with Gasteiger partial charge in [-0.1, -0.05) is 42.5 Å². The molecular weight excluding hydrogens is 477 g/mol. The van der Waals surface area contributed by atoms with Gasteiger partial charge in [0.05, 0.1) is 23.0 Å². The molecular formula is C28H29F3N6. The number of alkyl halides is 3. The monoisotopic (exact) mass is 506 g/mol. The second-order valence-electron chi connectivity index (χ2n) is 9.37. The van der Waals surface area contributed by atoms with Crippen LogP contribution < -0.4 is 10.6 Å². The van der Waals surface area contributed by atoms with Crippen molar-refractivity contribution in [1.29, 1.82) is 0 Å². The molecule has 5 rings (SSSR count). The zero-order valence-corrected chi connectivity index (χ0v) is 20.8. The van der Waals surface area contributed by atoms with Gasteiger partial charge in [0.2, 0.25) is 5.95 Å². The normalized spacial score (nSPS) is 15.5. The predicted molar refractivity (Wildman–Crippen MR) is 138 cm³/mol. The molecule has 37 heavy (non-hydrogen) atoms. The van der Waals surface area contributed by atoms with Gasteiger partial charge in [-0.05, 0) is 56.6 Å². The van der Waals surface area contributed by atoms with Crippen LogP contribution in [0.3, 0.4) is 0 Å². The molecule has 6 nitrogen and oxygen atoms in total. The molecule has 1 saturated heterocycles. The Kier molecular flexibility index (Phi) is 6.97. The highest BCUT2D eigenvalue weighted by Crippen LogP contribution is 2.38. The van der Waals surface area contributed by atoms with E-state index < -0.39 is 11.7 Å². The van der Waals surface area contributed by atoms with Crippen LogP contribution in [0.25, 0.3) is 22.6 Å². The number of imidazole rings is 1. The minimum Gasteiger partial charge on any atom is -0.348 e. The van der Waals surface area contributed by atoms with Crippen molar-refractivity contribution in [1.82, 2.24) is 24.8 Å². The van der Waals surface area contributed by atoms with Crippen molar-refractivity contribution in [3.63, 3.8) is 0 Å². The fraction of sp³-hybridized carbons (Fsp3) is 0.321. The Labute approximate surface area is 214 Å². The van der Waals surface area contributed by atoms with Gasteiger partial charge in [-0.25, -0.2) is 15.0 Å². The van der Waals surface area contributed by atoms with E-state index in [4.69, 9.17) is 9.97 Å². The summed E-state index contributed by atoms with van der Waals surface area (Å²) in [5.74, 6) is 1.50. The van der Waals surface area contributed by atoms with Crippen molar-refractivity contribution in [3.05, 3.63) is 83.8 Å². The maximum Gasteiger partial charge on any atom is 0.416 e. The molecule has 2 aromatic heterocycles. The maximum atomic E-state index is 13.6. The maximum absolute atomic E-state index is 13.6. The number of hydrogen-bond donors (Lipinski definition) is 2. The van der Waals surface area contributed by atoms with Crippen molar-refractivity contribution < 1.29 is 13.2 Å². The smallest absolute Gasteiger partial charge is 0.348 e. The third-order valence-corrected chi connectivity index (χ3v) is 6.84. The number of nitrogens with one attached hydrogen (secondary N) is 2. The number of benzene rings is 2. The minimum atomic E-state index is -4.44. The van der Waals surface area contributed by atoms with Crippen LogP contribution in [0.1, 0.15) is 48.7 Å². The van der Waals surface area contributed by atoms with Gasteiger partial charge in [-0.15, -0.1) is 0 Å². The molecule has 0 amide bonds. The molecule has 0 saturated carbocycles. The van der Waals surface area contributed by atoms with E-state index in [0.29, 0.717) is 28.6 Å². The molecule has 192 valence electrons. The third kappa shape index (κ3) is 5.36. The lowest BCUT2D eigenvalue weighted by molar-refractivity contribution is -0.137. The van der Waals surface area contributed by atoms with Crippen LogP contribution in [-0.4, -0.2) is 32.6 Å². The Balaban J connectivity index is 1.58. The predicted octanol–water partition coefficient (Wildman–Crippen LogP) is 6.20. The van der Waals surface area contributed by atoms with Crippen molar-refractivity contribution in [3.8, 4) is 22.6 Å². The van der Waals surface area contributed by atoms with Crippen molar-refractivity contribution in [2.45, 2.75) is 37.9 Å². The quantitative estimate of drug-likeness (QED) is 0.326. The van der Waals surface area contributed by atoms with E-state index in [9.17, 15) is 13.2 Å². The summed E-state index contributed by atoms with van der Waals surface area (Å²) >= 11 is 0. The van der Waals surface area contributed by atoms with Crippen LogP contribution in [-0.2, 0) is 13.2 Å². The Bertz CT molecular complexity index is 1360. The molecule has 0 radical (unpaired) electrons. The lowest BCUT2D eigenvalue weighted by Crippen LogP contribution is -2.27. The summed E-state index contributed by atoms with van der Waals surface area (Å²) in [5, 5.41) is 6.69. The van der Waals surface area contributed by atoms with Gasteiger partial charge >= 0.3 is 6.18 Å². The highest BCUT2D eigenvalue weighted by Gasteiger charge is 2.32. The standard InChI is InChI=1S/C28H29F3N6/c1-18(19-7-4-3-5-8-19)34-27-33-16-13-23(35-27)24-25(21-9-6-10-22(17-21)28(29,30)31)37(2)26(36-24)20-11-14-32-15-12-20/h3-10,13,16-18,20,32H,11-12,14-15H2,1-2H3,(H,33,34,35)/t18-/m0/s1. The van der Waals surface area contributed by atoms with Gasteiger partial charge in [0.1, 0.15) is 11.5 Å². The van der Waals surface area contributed by atoms with Gasteiger partial charge < -0.3 is 15.2 Å². The summed E-state index contributed by atoms with van der Waals surface area (Å²) in [7, 11) is 1.88. The van der Waals surface area contributed by atoms with E-state index in [0.717, 1.165) is 43.4 Å². The molecule has 1 aliphatic rings. The Morgan fingerprint density at radius 3 is 2.49 bits per heavy atom. The van der Waals surface area contributed by atoms with E-state index in [2.05, 4.69) is 15.6 Å². The van der Waals surface area contributed by atoms with Gasteiger partial charge in [0, 0.05) is 24.7 Å². The second kappa shape index (κ2) is 10.3. The fourth-order valence-corrected chi connectivity index (χ4v) is 4.89. The summed E-state index contributed by atoms with van der Waals surface area (Å²) < 4.78 is 42.6. The molecule has 1 fully saturated rings. The van der Waals surface area contributed by atoms with Crippen molar-refractivity contribution >= 4 is 5.95 Å². The molecule has 1 atom stereocenters. The topological polar surface area (TPSA) is 67.7 Å². The molecule has 2 N–H and O–H groups in total. The molecule has 0 bridgehead atoms. The summed E-state index contributed by atoms with van der Waals surface area (Å²) in [5.41, 5.74) is 2.56. The summed E-state index contributed by atoms with van der Waals surface area (Å²) in [6.45, 7) is 3.78. The minimum absolute atomic E-state index is 0.0339. The van der Waals surface area contributed by atoms with Crippen LogP contribution in [0.15, 0.2) is 66.9 Å². The zero-order valence-electron chi connectivity index (χ0n) is 20.8. The first-order valence-corrected chi connectivity index (χ1v) is 12.4. The molecule has 0 spiro atoms. The second-order valence-corrected chi connectivity index (χ2v) is 9.37. The number of hydrogen-bond acceptors (Lipinski definition) is 5. The zero-order chi connectivity index (χ0) is 26.0.